The van der Waals surface area contributed by atoms with Crippen LogP contribution in [0.4, 0.5) is 5.69 Å². The summed E-state index contributed by atoms with van der Waals surface area (Å²) in [7, 11) is -0.554. The van der Waals surface area contributed by atoms with Crippen molar-refractivity contribution in [1.82, 2.24) is 10.2 Å². The number of nitrogens with one attached hydrogen (secondary N) is 1. The molecule has 2 amide bonds. The van der Waals surface area contributed by atoms with Crippen LogP contribution in [0.5, 0.6) is 11.5 Å². The van der Waals surface area contributed by atoms with Crippen LogP contribution >= 0.6 is 0 Å². The second-order valence-corrected chi connectivity index (χ2v) is 10.2. The first-order valence-electron chi connectivity index (χ1n) is 12.0. The molecule has 0 heterocycles. The number of benzene rings is 2. The molecule has 0 saturated carbocycles. The molecular formula is C26H37N3O6S. The second-order valence-electron chi connectivity index (χ2n) is 8.30. The number of likely N-dealkylation sites (N-methyl/N-ethyl adjacent to an activating group) is 1. The highest BCUT2D eigenvalue weighted by Gasteiger charge is 2.29. The highest BCUT2D eigenvalue weighted by Crippen LogP contribution is 2.30. The molecule has 0 aliphatic carbocycles. The molecular weight excluding hydrogens is 482 g/mol. The SMILES string of the molecule is CCNC(=O)[C@@H](CC)N(Cc1ccc(OC)cc1)C(=O)CCCN(c1ccccc1OC)S(C)(=O)=O. The minimum atomic E-state index is -3.61. The van der Waals surface area contributed by atoms with Gasteiger partial charge < -0.3 is 19.7 Å². The summed E-state index contributed by atoms with van der Waals surface area (Å²) in [4.78, 5) is 27.7. The van der Waals surface area contributed by atoms with Gasteiger partial charge in [-0.05, 0) is 49.6 Å². The Balaban J connectivity index is 2.23. The number of ether oxygens (including phenoxy) is 2. The monoisotopic (exact) mass is 519 g/mol. The maximum absolute atomic E-state index is 13.4. The van der Waals surface area contributed by atoms with Gasteiger partial charge in [-0.25, -0.2) is 8.42 Å². The Morgan fingerprint density at radius 1 is 1.00 bits per heavy atom. The van der Waals surface area contributed by atoms with Gasteiger partial charge in [-0.3, -0.25) is 13.9 Å². The van der Waals surface area contributed by atoms with Crippen molar-refractivity contribution in [2.24, 2.45) is 0 Å². The van der Waals surface area contributed by atoms with E-state index in [1.54, 1.807) is 36.3 Å². The predicted molar refractivity (Wildman–Crippen MR) is 141 cm³/mol. The topological polar surface area (TPSA) is 105 Å². The van der Waals surface area contributed by atoms with E-state index in [1.807, 2.05) is 38.1 Å². The average Bonchev–Trinajstić information content (AvgIpc) is 2.86. The molecule has 10 heteroatoms. The van der Waals surface area contributed by atoms with Crippen molar-refractivity contribution in [1.29, 1.82) is 0 Å². The number of para-hydroxylation sites is 2. The maximum Gasteiger partial charge on any atom is 0.242 e. The molecule has 2 rings (SSSR count). The minimum Gasteiger partial charge on any atom is -0.497 e. The Hall–Kier alpha value is -3.27. The summed E-state index contributed by atoms with van der Waals surface area (Å²) in [5.41, 5.74) is 1.28. The quantitative estimate of drug-likeness (QED) is 0.411. The summed E-state index contributed by atoms with van der Waals surface area (Å²) in [5.74, 6) is 0.688. The molecule has 0 aliphatic rings. The number of nitrogens with zero attached hydrogens (tertiary/aromatic N) is 2. The Labute approximate surface area is 214 Å². The lowest BCUT2D eigenvalue weighted by atomic mass is 10.1. The number of hydrogen-bond donors (Lipinski definition) is 1. The second kappa shape index (κ2) is 13.7. The zero-order valence-corrected chi connectivity index (χ0v) is 22.5. The van der Waals surface area contributed by atoms with Gasteiger partial charge in [0, 0.05) is 26.1 Å². The molecule has 36 heavy (non-hydrogen) atoms. The van der Waals surface area contributed by atoms with E-state index in [0.29, 0.717) is 30.2 Å². The van der Waals surface area contributed by atoms with Gasteiger partial charge in [-0.15, -0.1) is 0 Å². The number of carbonyl (C=O) groups excluding carboxylic acids is 2. The molecule has 1 atom stereocenters. The van der Waals surface area contributed by atoms with Crippen LogP contribution in [-0.4, -0.2) is 64.7 Å². The molecule has 0 saturated heterocycles. The molecule has 2 aromatic rings. The van der Waals surface area contributed by atoms with E-state index in [2.05, 4.69) is 5.32 Å². The summed E-state index contributed by atoms with van der Waals surface area (Å²) in [6, 6.07) is 13.5. The highest BCUT2D eigenvalue weighted by atomic mass is 32.2. The molecule has 0 fully saturated rings. The van der Waals surface area contributed by atoms with E-state index in [4.69, 9.17) is 9.47 Å². The van der Waals surface area contributed by atoms with Gasteiger partial charge in [0.25, 0.3) is 0 Å². The van der Waals surface area contributed by atoms with Crippen molar-refractivity contribution in [3.63, 3.8) is 0 Å². The van der Waals surface area contributed by atoms with Crippen molar-refractivity contribution >= 4 is 27.5 Å². The van der Waals surface area contributed by atoms with Crippen molar-refractivity contribution in [3.05, 3.63) is 54.1 Å². The van der Waals surface area contributed by atoms with Gasteiger partial charge in [0.2, 0.25) is 21.8 Å². The van der Waals surface area contributed by atoms with Gasteiger partial charge in [0.05, 0.1) is 26.2 Å². The van der Waals surface area contributed by atoms with Gasteiger partial charge >= 0.3 is 0 Å². The zero-order chi connectivity index (χ0) is 26.7. The fourth-order valence-corrected chi connectivity index (χ4v) is 4.93. The van der Waals surface area contributed by atoms with Crippen molar-refractivity contribution in [2.75, 3.05) is 37.9 Å². The number of sulfonamides is 1. The number of carbonyl (C=O) groups is 2. The number of anilines is 1. The maximum atomic E-state index is 13.4. The normalized spacial score (nSPS) is 11.9. The van der Waals surface area contributed by atoms with E-state index < -0.39 is 16.1 Å². The first kappa shape index (κ1) is 29.0. The smallest absolute Gasteiger partial charge is 0.242 e. The Morgan fingerprint density at radius 3 is 2.22 bits per heavy atom. The summed E-state index contributed by atoms with van der Waals surface area (Å²) in [6.45, 7) is 4.50. The average molecular weight is 520 g/mol. The largest absolute Gasteiger partial charge is 0.497 e. The number of rotatable bonds is 14. The fraction of sp³-hybridized carbons (Fsp3) is 0.462. The number of hydrogen-bond acceptors (Lipinski definition) is 6. The summed E-state index contributed by atoms with van der Waals surface area (Å²) in [5, 5.41) is 2.81. The van der Waals surface area contributed by atoms with Crippen LogP contribution in [0.2, 0.25) is 0 Å². The standard InChI is InChI=1S/C26H37N3O6S/c1-6-22(26(31)27-7-2)28(19-20-14-16-21(34-3)17-15-20)25(30)13-10-18-29(36(5,32)33)23-11-8-9-12-24(23)35-4/h8-9,11-12,14-17,22H,6-7,10,13,18-19H2,1-5H3,(H,27,31)/t22-/m1/s1. The Kier molecular flexibility index (Phi) is 11.0. The number of methoxy groups -OCH3 is 2. The Morgan fingerprint density at radius 2 is 1.67 bits per heavy atom. The van der Waals surface area contributed by atoms with Crippen LogP contribution in [0.1, 0.15) is 38.7 Å². The van der Waals surface area contributed by atoms with Crippen LogP contribution < -0.4 is 19.1 Å². The molecule has 0 aromatic heterocycles. The molecule has 1 N–H and O–H groups in total. The van der Waals surface area contributed by atoms with E-state index in [1.165, 1.54) is 11.4 Å². The van der Waals surface area contributed by atoms with Crippen molar-refractivity contribution < 1.29 is 27.5 Å². The van der Waals surface area contributed by atoms with Crippen LogP contribution in [-0.2, 0) is 26.2 Å². The van der Waals surface area contributed by atoms with E-state index in [9.17, 15) is 18.0 Å². The van der Waals surface area contributed by atoms with E-state index in [-0.39, 0.29) is 37.7 Å². The Bertz CT molecular complexity index is 1100. The number of amides is 2. The van der Waals surface area contributed by atoms with Gasteiger partial charge in [0.1, 0.15) is 17.5 Å². The summed E-state index contributed by atoms with van der Waals surface area (Å²) in [6.07, 6.45) is 1.92. The lowest BCUT2D eigenvalue weighted by Gasteiger charge is -2.31. The van der Waals surface area contributed by atoms with Gasteiger partial charge in [-0.2, -0.15) is 0 Å². The third kappa shape index (κ3) is 7.87. The summed E-state index contributed by atoms with van der Waals surface area (Å²) < 4.78 is 36.8. The molecule has 0 unspecified atom stereocenters. The van der Waals surface area contributed by atoms with Crippen LogP contribution in [0.3, 0.4) is 0 Å². The highest BCUT2D eigenvalue weighted by molar-refractivity contribution is 7.92. The minimum absolute atomic E-state index is 0.0766. The first-order valence-corrected chi connectivity index (χ1v) is 13.8. The van der Waals surface area contributed by atoms with Crippen LogP contribution in [0.25, 0.3) is 0 Å². The van der Waals surface area contributed by atoms with E-state index in [0.717, 1.165) is 11.8 Å². The molecule has 0 bridgehead atoms. The lowest BCUT2D eigenvalue weighted by molar-refractivity contribution is -0.141. The molecule has 0 radical (unpaired) electrons. The first-order chi connectivity index (χ1) is 17.2. The van der Waals surface area contributed by atoms with Crippen LogP contribution in [0.15, 0.2) is 48.5 Å². The van der Waals surface area contributed by atoms with E-state index >= 15 is 0 Å². The fourth-order valence-electron chi connectivity index (χ4n) is 3.96. The third-order valence-corrected chi connectivity index (χ3v) is 6.93. The molecule has 2 aromatic carbocycles. The molecule has 198 valence electrons. The van der Waals surface area contributed by atoms with Gasteiger partial charge in [-0.1, -0.05) is 31.2 Å². The molecule has 0 aliphatic heterocycles. The molecule has 9 nitrogen and oxygen atoms in total. The van der Waals surface area contributed by atoms with Crippen LogP contribution in [0, 0.1) is 0 Å². The van der Waals surface area contributed by atoms with Gasteiger partial charge in [0.15, 0.2) is 0 Å². The van der Waals surface area contributed by atoms with Crippen molar-refractivity contribution in [3.8, 4) is 11.5 Å². The third-order valence-electron chi connectivity index (χ3n) is 5.75. The lowest BCUT2D eigenvalue weighted by Crippen LogP contribution is -2.49. The van der Waals surface area contributed by atoms with Crippen molar-refractivity contribution in [2.45, 2.75) is 45.7 Å². The summed E-state index contributed by atoms with van der Waals surface area (Å²) >= 11 is 0. The predicted octanol–water partition coefficient (Wildman–Crippen LogP) is 3.19. The zero-order valence-electron chi connectivity index (χ0n) is 21.7. The molecule has 0 spiro atoms.